The molecule has 1 aliphatic carbocycles. The molecule has 1 unspecified atom stereocenters. The Hall–Kier alpha value is -0.430. The van der Waals surface area contributed by atoms with Gasteiger partial charge in [0.1, 0.15) is 0 Å². The van der Waals surface area contributed by atoms with Crippen molar-refractivity contribution < 1.29 is 13.5 Å². The molecule has 18 heavy (non-hydrogen) atoms. The fourth-order valence-corrected chi connectivity index (χ4v) is 4.15. The Kier molecular flexibility index (Phi) is 4.42. The average Bonchev–Trinajstić information content (AvgIpc) is 2.76. The Morgan fingerprint density at radius 1 is 1.44 bits per heavy atom. The maximum Gasteiger partial charge on any atom is 0.279 e. The fraction of sp³-hybridized carbons (Fsp3) is 0.833. The van der Waals surface area contributed by atoms with Crippen LogP contribution in [0.3, 0.4) is 0 Å². The highest BCUT2D eigenvalue weighted by Gasteiger charge is 2.30. The lowest BCUT2D eigenvalue weighted by Crippen LogP contribution is -2.48. The zero-order chi connectivity index (χ0) is 13.2. The van der Waals surface area contributed by atoms with Gasteiger partial charge in [-0.25, -0.2) is 0 Å². The van der Waals surface area contributed by atoms with E-state index in [1.54, 1.807) is 4.31 Å². The summed E-state index contributed by atoms with van der Waals surface area (Å²) in [6.07, 6.45) is 6.40. The highest BCUT2D eigenvalue weighted by atomic mass is 32.2. The van der Waals surface area contributed by atoms with Crippen molar-refractivity contribution in [1.29, 1.82) is 0 Å². The number of nitrogens with one attached hydrogen (secondary N) is 1. The minimum Gasteiger partial charge on any atom is -0.396 e. The fourth-order valence-electron chi connectivity index (χ4n) is 2.63. The summed E-state index contributed by atoms with van der Waals surface area (Å²) in [4.78, 5) is 0. The number of hydrogen-bond donors (Lipinski definition) is 2. The van der Waals surface area contributed by atoms with E-state index < -0.39 is 10.2 Å². The molecule has 104 valence electrons. The summed E-state index contributed by atoms with van der Waals surface area (Å²) in [7, 11) is -3.38. The van der Waals surface area contributed by atoms with Crippen molar-refractivity contribution in [3.05, 3.63) is 12.2 Å². The van der Waals surface area contributed by atoms with E-state index in [9.17, 15) is 8.42 Å². The van der Waals surface area contributed by atoms with Gasteiger partial charge in [0, 0.05) is 31.7 Å². The van der Waals surface area contributed by atoms with Gasteiger partial charge in [-0.1, -0.05) is 19.1 Å². The highest BCUT2D eigenvalue weighted by Crippen LogP contribution is 2.21. The molecule has 1 fully saturated rings. The summed E-state index contributed by atoms with van der Waals surface area (Å²) in [5.41, 5.74) is 0. The number of nitrogens with zero attached hydrogens (tertiary/aromatic N) is 1. The first-order valence-electron chi connectivity index (χ1n) is 6.58. The zero-order valence-electron chi connectivity index (χ0n) is 10.7. The van der Waals surface area contributed by atoms with Crippen LogP contribution in [0.2, 0.25) is 0 Å². The normalized spacial score (nSPS) is 34.0. The van der Waals surface area contributed by atoms with Crippen LogP contribution in [-0.4, -0.2) is 43.6 Å². The Morgan fingerprint density at radius 2 is 2.22 bits per heavy atom. The van der Waals surface area contributed by atoms with Crippen LogP contribution < -0.4 is 4.72 Å². The van der Waals surface area contributed by atoms with E-state index in [0.717, 1.165) is 12.8 Å². The van der Waals surface area contributed by atoms with Gasteiger partial charge in [0.15, 0.2) is 0 Å². The quantitative estimate of drug-likeness (QED) is 0.733. The second kappa shape index (κ2) is 5.69. The van der Waals surface area contributed by atoms with Gasteiger partial charge in [0.25, 0.3) is 10.2 Å². The van der Waals surface area contributed by atoms with E-state index in [-0.39, 0.29) is 18.6 Å². The maximum absolute atomic E-state index is 12.2. The number of piperidine rings is 1. The molecule has 2 N–H and O–H groups in total. The molecular weight excluding hydrogens is 252 g/mol. The number of hydrogen-bond acceptors (Lipinski definition) is 3. The minimum absolute atomic E-state index is 0.0788. The van der Waals surface area contributed by atoms with Gasteiger partial charge in [-0.2, -0.15) is 17.4 Å². The van der Waals surface area contributed by atoms with E-state index in [1.807, 2.05) is 12.2 Å². The van der Waals surface area contributed by atoms with E-state index in [1.165, 1.54) is 0 Å². The Morgan fingerprint density at radius 3 is 2.83 bits per heavy atom. The molecule has 3 atom stereocenters. The van der Waals surface area contributed by atoms with Gasteiger partial charge in [0.2, 0.25) is 0 Å². The Labute approximate surface area is 109 Å². The SMILES string of the molecule is CC1CCCN(S(=O)(=O)N[C@@H]2C=C[C@H](CO)C2)C1. The minimum atomic E-state index is -3.38. The molecule has 0 aromatic carbocycles. The smallest absolute Gasteiger partial charge is 0.279 e. The maximum atomic E-state index is 12.2. The third-order valence-electron chi connectivity index (χ3n) is 3.67. The molecule has 6 heteroatoms. The van der Waals surface area contributed by atoms with Gasteiger partial charge in [-0.3, -0.25) is 0 Å². The molecule has 2 aliphatic rings. The van der Waals surface area contributed by atoms with Gasteiger partial charge in [0.05, 0.1) is 0 Å². The van der Waals surface area contributed by atoms with Crippen LogP contribution in [-0.2, 0) is 10.2 Å². The van der Waals surface area contributed by atoms with E-state index in [2.05, 4.69) is 11.6 Å². The summed E-state index contributed by atoms with van der Waals surface area (Å²) in [5, 5.41) is 9.03. The summed E-state index contributed by atoms with van der Waals surface area (Å²) >= 11 is 0. The van der Waals surface area contributed by atoms with Crippen molar-refractivity contribution in [2.75, 3.05) is 19.7 Å². The highest BCUT2D eigenvalue weighted by molar-refractivity contribution is 7.87. The van der Waals surface area contributed by atoms with E-state index in [0.29, 0.717) is 25.4 Å². The largest absolute Gasteiger partial charge is 0.396 e. The molecule has 1 saturated heterocycles. The average molecular weight is 274 g/mol. The predicted molar refractivity (Wildman–Crippen MR) is 70.1 cm³/mol. The molecular formula is C12H22N2O3S. The monoisotopic (exact) mass is 274 g/mol. The molecule has 1 heterocycles. The van der Waals surface area contributed by atoms with Crippen molar-refractivity contribution in [2.45, 2.75) is 32.2 Å². The standard InChI is InChI=1S/C12H22N2O3S/c1-10-3-2-6-14(8-10)18(16,17)13-12-5-4-11(7-12)9-15/h4-5,10-13,15H,2-3,6-9H2,1H3/t10?,11-,12+/m0/s1. The van der Waals surface area contributed by atoms with Crippen LogP contribution in [0.15, 0.2) is 12.2 Å². The summed E-state index contributed by atoms with van der Waals surface area (Å²) in [6, 6.07) is -0.176. The van der Waals surface area contributed by atoms with Gasteiger partial charge in [-0.15, -0.1) is 0 Å². The molecule has 0 radical (unpaired) electrons. The third-order valence-corrected chi connectivity index (χ3v) is 5.28. The van der Waals surface area contributed by atoms with Crippen molar-refractivity contribution in [1.82, 2.24) is 9.03 Å². The molecule has 0 amide bonds. The second-order valence-corrected chi connectivity index (χ2v) is 7.10. The van der Waals surface area contributed by atoms with Crippen LogP contribution in [0.25, 0.3) is 0 Å². The molecule has 1 aliphatic heterocycles. The molecule has 0 spiro atoms. The van der Waals surface area contributed by atoms with Crippen molar-refractivity contribution in [3.63, 3.8) is 0 Å². The molecule has 0 aromatic rings. The Balaban J connectivity index is 1.93. The first kappa shape index (κ1) is 14.0. The third kappa shape index (κ3) is 3.32. The van der Waals surface area contributed by atoms with Crippen LogP contribution in [0.5, 0.6) is 0 Å². The molecule has 0 saturated carbocycles. The van der Waals surface area contributed by atoms with Crippen LogP contribution in [0.4, 0.5) is 0 Å². The number of aliphatic hydroxyl groups excluding tert-OH is 1. The summed E-state index contributed by atoms with van der Waals surface area (Å²) in [6.45, 7) is 3.38. The lowest BCUT2D eigenvalue weighted by molar-refractivity contribution is 0.246. The molecule has 5 nitrogen and oxygen atoms in total. The van der Waals surface area contributed by atoms with Crippen molar-refractivity contribution in [2.24, 2.45) is 11.8 Å². The second-order valence-electron chi connectivity index (χ2n) is 5.40. The van der Waals surface area contributed by atoms with Crippen molar-refractivity contribution >= 4 is 10.2 Å². The van der Waals surface area contributed by atoms with E-state index in [4.69, 9.17) is 5.11 Å². The topological polar surface area (TPSA) is 69.6 Å². The van der Waals surface area contributed by atoms with Gasteiger partial charge >= 0.3 is 0 Å². The number of aliphatic hydroxyl groups is 1. The predicted octanol–water partition coefficient (Wildman–Crippen LogP) is 0.490. The summed E-state index contributed by atoms with van der Waals surface area (Å²) in [5.74, 6) is 0.512. The Bertz CT molecular complexity index is 408. The van der Waals surface area contributed by atoms with E-state index >= 15 is 0 Å². The first-order chi connectivity index (χ1) is 8.51. The van der Waals surface area contributed by atoms with Gasteiger partial charge in [-0.05, 0) is 25.2 Å². The van der Waals surface area contributed by atoms with Crippen molar-refractivity contribution in [3.8, 4) is 0 Å². The van der Waals surface area contributed by atoms with Gasteiger partial charge < -0.3 is 5.11 Å². The number of rotatable bonds is 4. The molecule has 0 aromatic heterocycles. The molecule has 2 rings (SSSR count). The zero-order valence-corrected chi connectivity index (χ0v) is 11.6. The lowest BCUT2D eigenvalue weighted by Gasteiger charge is -2.30. The summed E-state index contributed by atoms with van der Waals surface area (Å²) < 4.78 is 28.7. The van der Waals surface area contributed by atoms with Crippen LogP contribution in [0.1, 0.15) is 26.2 Å². The first-order valence-corrected chi connectivity index (χ1v) is 8.02. The lowest BCUT2D eigenvalue weighted by atomic mass is 10.0. The van der Waals surface area contributed by atoms with Crippen LogP contribution in [0, 0.1) is 11.8 Å². The molecule has 0 bridgehead atoms. The van der Waals surface area contributed by atoms with Crippen LogP contribution >= 0.6 is 0 Å².